The minimum atomic E-state index is -0.938. The van der Waals surface area contributed by atoms with Crippen LogP contribution < -0.4 is 4.90 Å². The number of rotatable bonds is 6. The van der Waals surface area contributed by atoms with Gasteiger partial charge in [0.1, 0.15) is 5.82 Å². The van der Waals surface area contributed by atoms with E-state index < -0.39 is 5.60 Å². The number of hydrogen-bond donors (Lipinski definition) is 1. The van der Waals surface area contributed by atoms with E-state index in [1.54, 1.807) is 41.4 Å². The minimum absolute atomic E-state index is 0.0243. The fraction of sp³-hybridized carbons (Fsp3) is 0.556. The van der Waals surface area contributed by atoms with Crippen molar-refractivity contribution in [3.8, 4) is 0 Å². The van der Waals surface area contributed by atoms with Crippen LogP contribution in [0.2, 0.25) is 0 Å². The summed E-state index contributed by atoms with van der Waals surface area (Å²) in [5.41, 5.74) is 0.0872. The summed E-state index contributed by atoms with van der Waals surface area (Å²) in [5.74, 6) is 0.784. The maximum absolute atomic E-state index is 12.5. The van der Waals surface area contributed by atoms with Gasteiger partial charge in [0.05, 0.1) is 18.3 Å². The standard InChI is InChI=1S/C18H26N6O2/c1-22(17(25)5-4-15-6-8-21-23(15)2)13-18(26)7-3-11-24(14-18)16-12-19-9-10-20-16/h6,8-10,12,26H,3-5,7,11,13-14H2,1-2H3/t18-/m1/s1. The lowest BCUT2D eigenvalue weighted by Gasteiger charge is -2.41. The fourth-order valence-electron chi connectivity index (χ4n) is 3.49. The van der Waals surface area contributed by atoms with Gasteiger partial charge in [0.25, 0.3) is 0 Å². The number of likely N-dealkylation sites (N-methyl/N-ethyl adjacent to an activating group) is 1. The van der Waals surface area contributed by atoms with Crippen molar-refractivity contribution < 1.29 is 9.90 Å². The van der Waals surface area contributed by atoms with Crippen molar-refractivity contribution in [2.45, 2.75) is 31.3 Å². The molecule has 0 saturated carbocycles. The molecule has 26 heavy (non-hydrogen) atoms. The maximum atomic E-state index is 12.5. The van der Waals surface area contributed by atoms with Crippen LogP contribution in [0.3, 0.4) is 0 Å². The molecule has 3 heterocycles. The van der Waals surface area contributed by atoms with E-state index in [2.05, 4.69) is 15.1 Å². The van der Waals surface area contributed by atoms with Crippen LogP contribution >= 0.6 is 0 Å². The van der Waals surface area contributed by atoms with Crippen molar-refractivity contribution >= 4 is 11.7 Å². The van der Waals surface area contributed by atoms with Gasteiger partial charge in [-0.3, -0.25) is 14.5 Å². The molecule has 1 amide bonds. The summed E-state index contributed by atoms with van der Waals surface area (Å²) in [7, 11) is 3.63. The van der Waals surface area contributed by atoms with E-state index in [1.807, 2.05) is 18.0 Å². The van der Waals surface area contributed by atoms with Crippen LogP contribution in [0.1, 0.15) is 25.0 Å². The second kappa shape index (κ2) is 7.82. The van der Waals surface area contributed by atoms with Gasteiger partial charge < -0.3 is 14.9 Å². The highest BCUT2D eigenvalue weighted by Gasteiger charge is 2.35. The zero-order valence-electron chi connectivity index (χ0n) is 15.4. The maximum Gasteiger partial charge on any atom is 0.222 e. The van der Waals surface area contributed by atoms with Crippen molar-refractivity contribution in [2.24, 2.45) is 7.05 Å². The SMILES string of the molecule is CN(C[C@]1(O)CCCN(c2cnccn2)C1)C(=O)CCc1ccnn1C. The molecular weight excluding hydrogens is 332 g/mol. The Kier molecular flexibility index (Phi) is 5.51. The molecule has 140 valence electrons. The molecule has 1 N–H and O–H groups in total. The van der Waals surface area contributed by atoms with Crippen molar-refractivity contribution in [2.75, 3.05) is 31.6 Å². The van der Waals surface area contributed by atoms with Crippen LogP contribution in [-0.2, 0) is 18.3 Å². The quantitative estimate of drug-likeness (QED) is 0.815. The number of aryl methyl sites for hydroxylation is 2. The van der Waals surface area contributed by atoms with Crippen molar-refractivity contribution in [3.05, 3.63) is 36.5 Å². The highest BCUT2D eigenvalue weighted by Crippen LogP contribution is 2.25. The summed E-state index contributed by atoms with van der Waals surface area (Å²) in [6.07, 6.45) is 9.28. The molecule has 3 rings (SSSR count). The summed E-state index contributed by atoms with van der Waals surface area (Å²) in [6, 6.07) is 1.92. The van der Waals surface area contributed by atoms with E-state index in [0.717, 1.165) is 24.5 Å². The van der Waals surface area contributed by atoms with Gasteiger partial charge in [-0.25, -0.2) is 4.98 Å². The highest BCUT2D eigenvalue weighted by atomic mass is 16.3. The third-order valence-corrected chi connectivity index (χ3v) is 4.90. The van der Waals surface area contributed by atoms with Gasteiger partial charge in [0, 0.05) is 57.9 Å². The van der Waals surface area contributed by atoms with E-state index in [9.17, 15) is 9.90 Å². The number of carbonyl (C=O) groups excluding carboxylic acids is 1. The molecule has 8 heteroatoms. The summed E-state index contributed by atoms with van der Waals surface area (Å²) in [4.78, 5) is 24.5. The van der Waals surface area contributed by atoms with Crippen LogP contribution in [0.25, 0.3) is 0 Å². The smallest absolute Gasteiger partial charge is 0.222 e. The lowest BCUT2D eigenvalue weighted by Crippen LogP contribution is -2.55. The van der Waals surface area contributed by atoms with Gasteiger partial charge in [-0.05, 0) is 25.3 Å². The number of piperidine rings is 1. The lowest BCUT2D eigenvalue weighted by atomic mass is 9.92. The second-order valence-corrected chi connectivity index (χ2v) is 7.01. The molecule has 0 aliphatic carbocycles. The van der Waals surface area contributed by atoms with Crippen LogP contribution in [0, 0.1) is 0 Å². The largest absolute Gasteiger partial charge is 0.386 e. The average Bonchev–Trinajstić information content (AvgIpc) is 3.05. The lowest BCUT2D eigenvalue weighted by molar-refractivity contribution is -0.133. The van der Waals surface area contributed by atoms with E-state index in [1.165, 1.54) is 0 Å². The first kappa shape index (κ1) is 18.3. The molecule has 1 aliphatic heterocycles. The molecule has 0 unspecified atom stereocenters. The monoisotopic (exact) mass is 358 g/mol. The molecule has 0 bridgehead atoms. The van der Waals surface area contributed by atoms with Crippen LogP contribution in [0.4, 0.5) is 5.82 Å². The number of aromatic nitrogens is 4. The molecule has 8 nitrogen and oxygen atoms in total. The number of nitrogens with zero attached hydrogens (tertiary/aromatic N) is 6. The molecule has 2 aromatic rings. The number of β-amino-alcohol motifs (C(OH)–C–C–N with tert-alkyl or cyclic N) is 1. The Morgan fingerprint density at radius 2 is 2.23 bits per heavy atom. The topological polar surface area (TPSA) is 87.4 Å². The van der Waals surface area contributed by atoms with Crippen molar-refractivity contribution in [1.29, 1.82) is 0 Å². The zero-order chi connectivity index (χ0) is 18.6. The van der Waals surface area contributed by atoms with Crippen LogP contribution in [-0.4, -0.2) is 67.9 Å². The van der Waals surface area contributed by atoms with E-state index >= 15 is 0 Å². The predicted octanol–water partition coefficient (Wildman–Crippen LogP) is 0.633. The number of aliphatic hydroxyl groups is 1. The minimum Gasteiger partial charge on any atom is -0.386 e. The average molecular weight is 358 g/mol. The fourth-order valence-corrected chi connectivity index (χ4v) is 3.49. The second-order valence-electron chi connectivity index (χ2n) is 7.01. The molecule has 0 radical (unpaired) electrons. The number of carbonyl (C=O) groups is 1. The third kappa shape index (κ3) is 4.37. The van der Waals surface area contributed by atoms with Gasteiger partial charge in [-0.2, -0.15) is 5.10 Å². The first-order valence-electron chi connectivity index (χ1n) is 8.91. The highest BCUT2D eigenvalue weighted by molar-refractivity contribution is 5.76. The summed E-state index contributed by atoms with van der Waals surface area (Å²) < 4.78 is 1.78. The van der Waals surface area contributed by atoms with Crippen LogP contribution in [0.15, 0.2) is 30.9 Å². The van der Waals surface area contributed by atoms with Crippen molar-refractivity contribution in [3.63, 3.8) is 0 Å². The first-order valence-corrected chi connectivity index (χ1v) is 8.91. The molecule has 1 aliphatic rings. The first-order chi connectivity index (χ1) is 12.5. The Bertz CT molecular complexity index is 734. The van der Waals surface area contributed by atoms with Crippen molar-refractivity contribution in [1.82, 2.24) is 24.6 Å². The summed E-state index contributed by atoms with van der Waals surface area (Å²) in [5, 5.41) is 15.1. The third-order valence-electron chi connectivity index (χ3n) is 4.90. The molecule has 2 aromatic heterocycles. The number of hydrogen-bond acceptors (Lipinski definition) is 6. The molecule has 1 saturated heterocycles. The Morgan fingerprint density at radius 1 is 1.38 bits per heavy atom. The number of amides is 1. The van der Waals surface area contributed by atoms with Gasteiger partial charge in [-0.1, -0.05) is 0 Å². The van der Waals surface area contributed by atoms with Crippen LogP contribution in [0.5, 0.6) is 0 Å². The van der Waals surface area contributed by atoms with Gasteiger partial charge in [0.2, 0.25) is 5.91 Å². The Morgan fingerprint density at radius 3 is 2.92 bits per heavy atom. The molecule has 0 spiro atoms. The van der Waals surface area contributed by atoms with E-state index in [4.69, 9.17) is 0 Å². The molecule has 0 aromatic carbocycles. The molecule has 1 atom stereocenters. The summed E-state index contributed by atoms with van der Waals surface area (Å²) >= 11 is 0. The number of anilines is 1. The Balaban J connectivity index is 1.56. The Hall–Kier alpha value is -2.48. The summed E-state index contributed by atoms with van der Waals surface area (Å²) in [6.45, 7) is 1.60. The van der Waals surface area contributed by atoms with Gasteiger partial charge in [-0.15, -0.1) is 0 Å². The predicted molar refractivity (Wildman–Crippen MR) is 97.6 cm³/mol. The van der Waals surface area contributed by atoms with E-state index in [-0.39, 0.29) is 5.91 Å². The van der Waals surface area contributed by atoms with Gasteiger partial charge >= 0.3 is 0 Å². The molecule has 1 fully saturated rings. The van der Waals surface area contributed by atoms with E-state index in [0.29, 0.717) is 32.4 Å². The zero-order valence-corrected chi connectivity index (χ0v) is 15.4. The van der Waals surface area contributed by atoms with Gasteiger partial charge in [0.15, 0.2) is 0 Å². The Labute approximate surface area is 153 Å². The normalized spacial score (nSPS) is 20.2. The molecular formula is C18H26N6O2.